The van der Waals surface area contributed by atoms with Gasteiger partial charge in [0.25, 0.3) is 17.7 Å². The molecule has 1 heterocycles. The molecule has 3 amide bonds. The number of nitrogens with one attached hydrogen (secondary N) is 3. The molecule has 0 radical (unpaired) electrons. The fourth-order valence-corrected chi connectivity index (χ4v) is 4.56. The average Bonchev–Trinajstić information content (AvgIpc) is 3.13. The van der Waals surface area contributed by atoms with Crippen LogP contribution in [-0.4, -0.2) is 24.3 Å². The van der Waals surface area contributed by atoms with E-state index >= 15 is 0 Å². The number of thiophene rings is 1. The van der Waals surface area contributed by atoms with Gasteiger partial charge in [-0.2, -0.15) is 0 Å². The van der Waals surface area contributed by atoms with E-state index in [1.54, 1.807) is 24.3 Å². The molecule has 7 heteroatoms. The number of carbonyl (C=O) groups excluding carboxylic acids is 3. The van der Waals surface area contributed by atoms with Crippen LogP contribution in [0.1, 0.15) is 57.7 Å². The first-order valence-electron chi connectivity index (χ1n) is 9.78. The second-order valence-electron chi connectivity index (χ2n) is 8.42. The van der Waals surface area contributed by atoms with Crippen LogP contribution < -0.4 is 16.2 Å². The molecule has 1 aliphatic rings. The summed E-state index contributed by atoms with van der Waals surface area (Å²) in [5.41, 5.74) is 6.76. The summed E-state index contributed by atoms with van der Waals surface area (Å²) >= 11 is 1.49. The number of amides is 3. The van der Waals surface area contributed by atoms with Crippen LogP contribution in [0.25, 0.3) is 0 Å². The zero-order valence-electron chi connectivity index (χ0n) is 17.0. The number of hydrogen-bond donors (Lipinski definition) is 3. The van der Waals surface area contributed by atoms with Crippen LogP contribution in [0.4, 0.5) is 0 Å². The van der Waals surface area contributed by atoms with Gasteiger partial charge in [-0.15, -0.1) is 11.3 Å². The number of hydrogen-bond acceptors (Lipinski definition) is 4. The minimum Gasteiger partial charge on any atom is -0.343 e. The van der Waals surface area contributed by atoms with Crippen molar-refractivity contribution in [3.8, 4) is 0 Å². The molecule has 3 rings (SSSR count). The van der Waals surface area contributed by atoms with Gasteiger partial charge in [0.2, 0.25) is 0 Å². The third-order valence-corrected chi connectivity index (χ3v) is 6.53. The van der Waals surface area contributed by atoms with Crippen LogP contribution in [0.3, 0.4) is 0 Å². The molecule has 2 aromatic rings. The molecular weight excluding hydrogens is 386 g/mol. The van der Waals surface area contributed by atoms with E-state index in [9.17, 15) is 14.4 Å². The fraction of sp³-hybridized carbons (Fsp3) is 0.409. The third-order valence-electron chi connectivity index (χ3n) is 5.29. The fourth-order valence-electron chi connectivity index (χ4n) is 3.46. The van der Waals surface area contributed by atoms with Gasteiger partial charge in [0.05, 0.1) is 11.4 Å². The van der Waals surface area contributed by atoms with Crippen molar-refractivity contribution >= 4 is 29.1 Å². The predicted molar refractivity (Wildman–Crippen MR) is 114 cm³/mol. The molecule has 0 bridgehead atoms. The first-order chi connectivity index (χ1) is 13.7. The first-order valence-corrected chi connectivity index (χ1v) is 10.6. The van der Waals surface area contributed by atoms with Crippen LogP contribution in [0, 0.1) is 11.3 Å². The largest absolute Gasteiger partial charge is 0.343 e. The Morgan fingerprint density at radius 2 is 1.79 bits per heavy atom. The molecule has 1 aliphatic carbocycles. The summed E-state index contributed by atoms with van der Waals surface area (Å²) < 4.78 is 0. The van der Waals surface area contributed by atoms with Crippen molar-refractivity contribution in [1.29, 1.82) is 0 Å². The van der Waals surface area contributed by atoms with Gasteiger partial charge in [-0.3, -0.25) is 25.2 Å². The standard InChI is InChI=1S/C22H27N3O3S/c1-22(2,3)16-9-10-17-15(11-16)12-18(29-17)21(28)25-24-19(26)13-23-20(27)14-7-5-4-6-8-14/h4-8,12,16H,9-11,13H2,1-3H3,(H,23,27)(H,24,26)(H,25,28)/t16-/m1/s1. The zero-order valence-corrected chi connectivity index (χ0v) is 17.8. The lowest BCUT2D eigenvalue weighted by Crippen LogP contribution is -2.46. The van der Waals surface area contributed by atoms with Gasteiger partial charge in [-0.25, -0.2) is 0 Å². The molecule has 0 aliphatic heterocycles. The minimum absolute atomic E-state index is 0.220. The highest BCUT2D eigenvalue weighted by atomic mass is 32.1. The minimum atomic E-state index is -0.489. The van der Waals surface area contributed by atoms with E-state index in [0.717, 1.165) is 19.3 Å². The highest BCUT2D eigenvalue weighted by Crippen LogP contribution is 2.40. The topological polar surface area (TPSA) is 87.3 Å². The highest BCUT2D eigenvalue weighted by molar-refractivity contribution is 7.14. The molecule has 0 saturated carbocycles. The Hall–Kier alpha value is -2.67. The van der Waals surface area contributed by atoms with Gasteiger partial charge in [0, 0.05) is 10.4 Å². The number of fused-ring (bicyclic) bond motifs is 1. The maximum atomic E-state index is 12.4. The number of hydrazine groups is 1. The van der Waals surface area contributed by atoms with Gasteiger partial charge in [0.1, 0.15) is 0 Å². The Kier molecular flexibility index (Phi) is 6.37. The van der Waals surface area contributed by atoms with Crippen LogP contribution in [-0.2, 0) is 17.6 Å². The van der Waals surface area contributed by atoms with Crippen LogP contribution in [0.15, 0.2) is 36.4 Å². The zero-order chi connectivity index (χ0) is 21.0. The van der Waals surface area contributed by atoms with Gasteiger partial charge in [-0.1, -0.05) is 39.0 Å². The Morgan fingerprint density at radius 1 is 1.07 bits per heavy atom. The SMILES string of the molecule is CC(C)(C)[C@@H]1CCc2sc(C(=O)NNC(=O)CNC(=O)c3ccccc3)cc2C1. The quantitative estimate of drug-likeness (QED) is 0.673. The van der Waals surface area contributed by atoms with E-state index in [1.165, 1.54) is 21.8 Å². The smallest absolute Gasteiger partial charge is 0.279 e. The normalized spacial score (nSPS) is 15.9. The average molecular weight is 414 g/mol. The summed E-state index contributed by atoms with van der Waals surface area (Å²) in [5, 5.41) is 2.52. The van der Waals surface area contributed by atoms with Crippen molar-refractivity contribution in [3.63, 3.8) is 0 Å². The van der Waals surface area contributed by atoms with Crippen molar-refractivity contribution in [2.45, 2.75) is 40.0 Å². The van der Waals surface area contributed by atoms with Crippen LogP contribution >= 0.6 is 11.3 Å². The second-order valence-corrected chi connectivity index (χ2v) is 9.55. The second kappa shape index (κ2) is 8.78. The van der Waals surface area contributed by atoms with Gasteiger partial charge >= 0.3 is 0 Å². The van der Waals surface area contributed by atoms with E-state index in [2.05, 4.69) is 36.9 Å². The molecular formula is C22H27N3O3S. The van der Waals surface area contributed by atoms with E-state index in [1.807, 2.05) is 12.1 Å². The molecule has 0 unspecified atom stereocenters. The molecule has 154 valence electrons. The maximum absolute atomic E-state index is 12.4. The van der Waals surface area contributed by atoms with Crippen molar-refractivity contribution < 1.29 is 14.4 Å². The lowest BCUT2D eigenvalue weighted by Gasteiger charge is -2.33. The number of aryl methyl sites for hydroxylation is 1. The van der Waals surface area contributed by atoms with Crippen molar-refractivity contribution in [3.05, 3.63) is 57.3 Å². The molecule has 29 heavy (non-hydrogen) atoms. The Balaban J connectivity index is 1.48. The molecule has 0 saturated heterocycles. The maximum Gasteiger partial charge on any atom is 0.279 e. The summed E-state index contributed by atoms with van der Waals surface area (Å²) in [6.45, 7) is 6.56. The Bertz CT molecular complexity index is 900. The number of benzene rings is 1. The predicted octanol–water partition coefficient (Wildman–Crippen LogP) is 3.09. The summed E-state index contributed by atoms with van der Waals surface area (Å²) in [4.78, 5) is 38.1. The molecule has 3 N–H and O–H groups in total. The van der Waals surface area contributed by atoms with Gasteiger partial charge in [0.15, 0.2) is 0 Å². The van der Waals surface area contributed by atoms with Crippen molar-refractivity contribution in [1.82, 2.24) is 16.2 Å². The first kappa shape index (κ1) is 21.0. The van der Waals surface area contributed by atoms with Gasteiger partial charge in [-0.05, 0) is 54.4 Å². The lowest BCUT2D eigenvalue weighted by molar-refractivity contribution is -0.120. The van der Waals surface area contributed by atoms with Crippen molar-refractivity contribution in [2.24, 2.45) is 11.3 Å². The van der Waals surface area contributed by atoms with E-state index in [-0.39, 0.29) is 23.8 Å². The van der Waals surface area contributed by atoms with Crippen molar-refractivity contribution in [2.75, 3.05) is 6.54 Å². The van der Waals surface area contributed by atoms with E-state index in [0.29, 0.717) is 16.4 Å². The van der Waals surface area contributed by atoms with Crippen LogP contribution in [0.5, 0.6) is 0 Å². The van der Waals surface area contributed by atoms with E-state index in [4.69, 9.17) is 0 Å². The van der Waals surface area contributed by atoms with Gasteiger partial charge < -0.3 is 5.32 Å². The Morgan fingerprint density at radius 3 is 2.48 bits per heavy atom. The number of rotatable bonds is 4. The summed E-state index contributed by atoms with van der Waals surface area (Å²) in [6, 6.07) is 10.6. The lowest BCUT2D eigenvalue weighted by atomic mass is 9.72. The third kappa shape index (κ3) is 5.44. The van der Waals surface area contributed by atoms with Crippen LogP contribution in [0.2, 0.25) is 0 Å². The van der Waals surface area contributed by atoms with E-state index < -0.39 is 5.91 Å². The molecule has 1 aromatic heterocycles. The molecule has 1 atom stereocenters. The summed E-state index contributed by atoms with van der Waals surface area (Å²) in [6.07, 6.45) is 3.11. The molecule has 0 spiro atoms. The Labute approximate surface area is 175 Å². The molecule has 6 nitrogen and oxygen atoms in total. The molecule has 1 aromatic carbocycles. The summed E-state index contributed by atoms with van der Waals surface area (Å²) in [5.74, 6) is -0.559. The highest BCUT2D eigenvalue weighted by Gasteiger charge is 2.30. The molecule has 0 fully saturated rings. The monoisotopic (exact) mass is 413 g/mol. The number of carbonyl (C=O) groups is 3. The summed E-state index contributed by atoms with van der Waals surface area (Å²) in [7, 11) is 0.